The van der Waals surface area contributed by atoms with Gasteiger partial charge in [-0.2, -0.15) is 5.10 Å². The van der Waals surface area contributed by atoms with E-state index in [2.05, 4.69) is 21.0 Å². The maximum atomic E-state index is 14.2. The van der Waals surface area contributed by atoms with Gasteiger partial charge in [-0.3, -0.25) is 4.79 Å². The summed E-state index contributed by atoms with van der Waals surface area (Å²) in [6.07, 6.45) is 2.60. The molecule has 98 valence electrons. The molecule has 0 saturated carbocycles. The van der Waals surface area contributed by atoms with Gasteiger partial charge in [-0.1, -0.05) is 12.2 Å². The van der Waals surface area contributed by atoms with Crippen molar-refractivity contribution in [1.82, 2.24) is 9.78 Å². The third kappa shape index (κ3) is 2.49. The minimum Gasteiger partial charge on any atom is -0.389 e. The molecule has 0 fully saturated rings. The molecule has 2 rings (SSSR count). The van der Waals surface area contributed by atoms with Crippen molar-refractivity contribution in [3.8, 4) is 5.69 Å². The summed E-state index contributed by atoms with van der Waals surface area (Å²) in [4.78, 5) is 11.1. The molecule has 1 heterocycles. The summed E-state index contributed by atoms with van der Waals surface area (Å²) in [6.45, 7) is 0. The number of primary amides is 1. The molecule has 0 aliphatic carbocycles. The number of carbonyl (C=O) groups is 1. The average molecular weight is 343 g/mol. The number of hydrogen-bond acceptors (Lipinski definition) is 3. The number of nitrogens with zero attached hydrogens (tertiary/aromatic N) is 2. The summed E-state index contributed by atoms with van der Waals surface area (Å²) in [7, 11) is 0. The van der Waals surface area contributed by atoms with Crippen molar-refractivity contribution in [2.45, 2.75) is 0 Å². The van der Waals surface area contributed by atoms with Crippen molar-refractivity contribution >= 4 is 39.0 Å². The van der Waals surface area contributed by atoms with Crippen LogP contribution >= 0.6 is 28.1 Å². The molecule has 1 aromatic heterocycles. The number of halogens is 2. The summed E-state index contributed by atoms with van der Waals surface area (Å²) in [5.74, 6) is -1.21. The van der Waals surface area contributed by atoms with E-state index in [9.17, 15) is 9.18 Å². The quantitative estimate of drug-likeness (QED) is 0.827. The van der Waals surface area contributed by atoms with Gasteiger partial charge in [0.2, 0.25) is 0 Å². The van der Waals surface area contributed by atoms with Gasteiger partial charge in [0.15, 0.2) is 5.82 Å². The van der Waals surface area contributed by atoms with Crippen LogP contribution in [-0.2, 0) is 0 Å². The van der Waals surface area contributed by atoms with Gasteiger partial charge in [0.1, 0.15) is 10.7 Å². The van der Waals surface area contributed by atoms with Crippen LogP contribution in [0.15, 0.2) is 29.0 Å². The number of aromatic nitrogens is 2. The fraction of sp³-hybridized carbons (Fsp3) is 0. The third-order valence-electron chi connectivity index (χ3n) is 2.44. The van der Waals surface area contributed by atoms with Crippen molar-refractivity contribution in [2.24, 2.45) is 11.5 Å². The number of thiocarbonyl (C=S) groups is 1. The zero-order valence-electron chi connectivity index (χ0n) is 9.43. The molecule has 8 heteroatoms. The smallest absolute Gasteiger partial charge is 0.251 e. The minimum atomic E-state index is -0.634. The zero-order chi connectivity index (χ0) is 14.2. The molecule has 1 aromatic carbocycles. The van der Waals surface area contributed by atoms with E-state index in [1.165, 1.54) is 23.1 Å². The van der Waals surface area contributed by atoms with Crippen molar-refractivity contribution in [3.05, 3.63) is 45.9 Å². The molecule has 0 saturated heterocycles. The highest BCUT2D eigenvalue weighted by atomic mass is 79.9. The van der Waals surface area contributed by atoms with E-state index in [4.69, 9.17) is 23.7 Å². The van der Waals surface area contributed by atoms with Gasteiger partial charge >= 0.3 is 0 Å². The van der Waals surface area contributed by atoms with E-state index >= 15 is 0 Å². The number of amides is 1. The third-order valence-corrected chi connectivity index (χ3v) is 3.44. The Hall–Kier alpha value is -1.80. The fourth-order valence-corrected chi connectivity index (χ4v) is 2.34. The van der Waals surface area contributed by atoms with E-state index in [0.717, 1.165) is 0 Å². The van der Waals surface area contributed by atoms with Crippen LogP contribution in [0, 0.1) is 5.82 Å². The monoisotopic (exact) mass is 342 g/mol. The lowest BCUT2D eigenvalue weighted by Gasteiger charge is -2.08. The van der Waals surface area contributed by atoms with Gasteiger partial charge in [-0.15, -0.1) is 0 Å². The van der Waals surface area contributed by atoms with Crippen LogP contribution in [-0.4, -0.2) is 20.7 Å². The van der Waals surface area contributed by atoms with Crippen molar-refractivity contribution in [2.75, 3.05) is 0 Å². The van der Waals surface area contributed by atoms with Crippen LogP contribution in [0.5, 0.6) is 0 Å². The molecule has 0 aliphatic heterocycles. The first-order valence-electron chi connectivity index (χ1n) is 5.04. The lowest BCUT2D eigenvalue weighted by Crippen LogP contribution is -2.12. The molecule has 0 radical (unpaired) electrons. The summed E-state index contributed by atoms with van der Waals surface area (Å²) < 4.78 is 15.5. The summed E-state index contributed by atoms with van der Waals surface area (Å²) >= 11 is 7.89. The predicted octanol–water partition coefficient (Wildman–Crippen LogP) is 1.51. The summed E-state index contributed by atoms with van der Waals surface area (Å²) in [5, 5.41) is 3.88. The number of benzene rings is 1. The molecule has 0 spiro atoms. The van der Waals surface area contributed by atoms with Crippen LogP contribution in [0.4, 0.5) is 4.39 Å². The maximum Gasteiger partial charge on any atom is 0.251 e. The lowest BCUT2D eigenvalue weighted by atomic mass is 10.2. The second kappa shape index (κ2) is 5.06. The largest absolute Gasteiger partial charge is 0.389 e. The number of carbonyl (C=O) groups excluding carboxylic acids is 1. The Balaban J connectivity index is 2.54. The SMILES string of the molecule is NC(=O)c1cnn(-c2ccc(C(N)=S)c(Br)c2F)c1. The van der Waals surface area contributed by atoms with Crippen LogP contribution < -0.4 is 11.5 Å². The van der Waals surface area contributed by atoms with Crippen LogP contribution in [0.2, 0.25) is 0 Å². The molecule has 0 unspecified atom stereocenters. The topological polar surface area (TPSA) is 86.9 Å². The highest BCUT2D eigenvalue weighted by Gasteiger charge is 2.15. The molecular formula is C11H8BrFN4OS. The molecule has 0 bridgehead atoms. The first-order chi connectivity index (χ1) is 8.91. The standard InChI is InChI=1S/C11H8BrFN4OS/c12-8-6(11(15)19)1-2-7(9(8)13)17-4-5(3-16-17)10(14)18/h1-4H,(H2,14,18)(H2,15,19). The van der Waals surface area contributed by atoms with Gasteiger partial charge in [0.25, 0.3) is 5.91 Å². The number of rotatable bonds is 3. The second-order valence-corrected chi connectivity index (χ2v) is 4.90. The van der Waals surface area contributed by atoms with E-state index in [-0.39, 0.29) is 20.7 Å². The van der Waals surface area contributed by atoms with Crippen LogP contribution in [0.25, 0.3) is 5.69 Å². The van der Waals surface area contributed by atoms with Gasteiger partial charge in [0.05, 0.1) is 16.2 Å². The van der Waals surface area contributed by atoms with E-state index < -0.39 is 11.7 Å². The first-order valence-corrected chi connectivity index (χ1v) is 6.24. The Bertz CT molecular complexity index is 685. The highest BCUT2D eigenvalue weighted by Crippen LogP contribution is 2.26. The second-order valence-electron chi connectivity index (χ2n) is 3.66. The van der Waals surface area contributed by atoms with E-state index in [1.807, 2.05) is 0 Å². The fourth-order valence-electron chi connectivity index (χ4n) is 1.49. The van der Waals surface area contributed by atoms with E-state index in [0.29, 0.717) is 5.56 Å². The molecule has 1 amide bonds. The molecule has 4 N–H and O–H groups in total. The normalized spacial score (nSPS) is 10.4. The Morgan fingerprint density at radius 1 is 1.42 bits per heavy atom. The maximum absolute atomic E-state index is 14.2. The predicted molar refractivity (Wildman–Crippen MR) is 75.6 cm³/mol. The Morgan fingerprint density at radius 2 is 2.11 bits per heavy atom. The Kier molecular flexibility index (Phi) is 3.63. The van der Waals surface area contributed by atoms with Crippen LogP contribution in [0.3, 0.4) is 0 Å². The van der Waals surface area contributed by atoms with Gasteiger partial charge in [0, 0.05) is 11.8 Å². The highest BCUT2D eigenvalue weighted by molar-refractivity contribution is 9.10. The Labute approximate surface area is 121 Å². The zero-order valence-corrected chi connectivity index (χ0v) is 11.8. The van der Waals surface area contributed by atoms with Gasteiger partial charge < -0.3 is 11.5 Å². The molecule has 2 aromatic rings. The molecule has 19 heavy (non-hydrogen) atoms. The minimum absolute atomic E-state index is 0.0793. The Morgan fingerprint density at radius 3 is 2.63 bits per heavy atom. The van der Waals surface area contributed by atoms with Crippen molar-refractivity contribution in [3.63, 3.8) is 0 Å². The first kappa shape index (κ1) is 13.6. The van der Waals surface area contributed by atoms with E-state index in [1.54, 1.807) is 6.07 Å². The van der Waals surface area contributed by atoms with Gasteiger partial charge in [-0.25, -0.2) is 9.07 Å². The van der Waals surface area contributed by atoms with Crippen molar-refractivity contribution < 1.29 is 9.18 Å². The molecule has 5 nitrogen and oxygen atoms in total. The lowest BCUT2D eigenvalue weighted by molar-refractivity contribution is 0.100. The summed E-state index contributed by atoms with van der Waals surface area (Å²) in [6, 6.07) is 3.03. The average Bonchev–Trinajstić information content (AvgIpc) is 2.81. The summed E-state index contributed by atoms with van der Waals surface area (Å²) in [5.41, 5.74) is 11.3. The van der Waals surface area contributed by atoms with Gasteiger partial charge in [-0.05, 0) is 28.1 Å². The number of hydrogen-bond donors (Lipinski definition) is 2. The molecule has 0 aliphatic rings. The van der Waals surface area contributed by atoms with Crippen LogP contribution in [0.1, 0.15) is 15.9 Å². The molecular weight excluding hydrogens is 335 g/mol. The van der Waals surface area contributed by atoms with Crippen molar-refractivity contribution in [1.29, 1.82) is 0 Å². The number of nitrogens with two attached hydrogens (primary N) is 2. The molecule has 0 atom stereocenters.